The maximum Gasteiger partial charge on any atom is 0.185 e. The largest absolute Gasteiger partial charge is 0.377 e. The zero-order valence-corrected chi connectivity index (χ0v) is 19.5. The number of ketones is 1. The van der Waals surface area contributed by atoms with Crippen molar-refractivity contribution in [1.29, 1.82) is 0 Å². The maximum atomic E-state index is 14.2. The molecule has 31 heavy (non-hydrogen) atoms. The van der Waals surface area contributed by atoms with Gasteiger partial charge in [-0.3, -0.25) is 4.79 Å². The van der Waals surface area contributed by atoms with Crippen LogP contribution in [0.15, 0.2) is 36.5 Å². The van der Waals surface area contributed by atoms with Crippen LogP contribution in [-0.2, 0) is 23.7 Å². The number of Topliss-reactive ketones (excluding diaryl/α,β-unsaturated/α-hetero) is 1. The van der Waals surface area contributed by atoms with Crippen molar-refractivity contribution < 1.29 is 28.8 Å². The minimum Gasteiger partial charge on any atom is -0.377 e. The first-order valence-electron chi connectivity index (χ1n) is 11.2. The van der Waals surface area contributed by atoms with Crippen molar-refractivity contribution >= 4 is 5.78 Å². The summed E-state index contributed by atoms with van der Waals surface area (Å²) in [6.07, 6.45) is 11.9. The molecular weight excluding hydrogens is 396 g/mol. The Morgan fingerprint density at radius 1 is 1.00 bits per heavy atom. The topological polar surface area (TPSA) is 74.2 Å². The quantitative estimate of drug-likeness (QED) is 0.673. The number of rotatable bonds is 2. The van der Waals surface area contributed by atoms with Gasteiger partial charge in [0.15, 0.2) is 17.4 Å². The second-order valence-corrected chi connectivity index (χ2v) is 10.8. The number of ether oxygens (including phenoxy) is 4. The van der Waals surface area contributed by atoms with E-state index in [0.717, 1.165) is 0 Å². The monoisotopic (exact) mass is 432 g/mol. The zero-order chi connectivity index (χ0) is 22.7. The summed E-state index contributed by atoms with van der Waals surface area (Å²) in [4.78, 5) is 14.2. The van der Waals surface area contributed by atoms with Gasteiger partial charge in [0.1, 0.15) is 5.60 Å². The highest BCUT2D eigenvalue weighted by molar-refractivity contribution is 5.94. The number of aliphatic hydroxyl groups is 1. The van der Waals surface area contributed by atoms with Crippen LogP contribution < -0.4 is 0 Å². The second kappa shape index (κ2) is 7.35. The van der Waals surface area contributed by atoms with Gasteiger partial charge in [-0.05, 0) is 39.3 Å². The Kier molecular flexibility index (Phi) is 5.43. The van der Waals surface area contributed by atoms with Gasteiger partial charge in [0.05, 0.1) is 25.9 Å². The Balaban J connectivity index is 1.77. The van der Waals surface area contributed by atoms with Gasteiger partial charge < -0.3 is 24.1 Å². The Bertz CT molecular complexity index is 818. The molecular formula is C25H36O6. The van der Waals surface area contributed by atoms with E-state index >= 15 is 0 Å². The summed E-state index contributed by atoms with van der Waals surface area (Å²) in [6, 6.07) is 0. The molecule has 4 aliphatic rings. The van der Waals surface area contributed by atoms with Gasteiger partial charge in [-0.1, -0.05) is 45.1 Å². The van der Waals surface area contributed by atoms with E-state index in [1.54, 1.807) is 19.1 Å². The molecule has 172 valence electrons. The van der Waals surface area contributed by atoms with E-state index in [9.17, 15) is 9.90 Å². The Labute approximate surface area is 185 Å². The average Bonchev–Trinajstić information content (AvgIpc) is 3.11. The van der Waals surface area contributed by atoms with Crippen molar-refractivity contribution in [2.75, 3.05) is 19.8 Å². The molecule has 2 saturated heterocycles. The van der Waals surface area contributed by atoms with E-state index in [1.807, 2.05) is 40.7 Å². The van der Waals surface area contributed by atoms with Crippen molar-refractivity contribution in [2.45, 2.75) is 71.2 Å². The van der Waals surface area contributed by atoms with E-state index in [2.05, 4.69) is 18.2 Å². The normalized spacial score (nSPS) is 44.4. The zero-order valence-electron chi connectivity index (χ0n) is 19.5. The number of hydrogen-bond acceptors (Lipinski definition) is 6. The highest BCUT2D eigenvalue weighted by atomic mass is 16.7. The summed E-state index contributed by atoms with van der Waals surface area (Å²) in [5.41, 5.74) is -2.96. The number of carbonyl (C=O) groups excluding carboxylic acids is 1. The summed E-state index contributed by atoms with van der Waals surface area (Å²) in [5, 5.41) is 12.0. The van der Waals surface area contributed by atoms with Crippen LogP contribution in [0.25, 0.3) is 0 Å². The predicted octanol–water partition coefficient (Wildman–Crippen LogP) is 3.55. The van der Waals surface area contributed by atoms with Gasteiger partial charge in [0.25, 0.3) is 0 Å². The number of allylic oxidation sites excluding steroid dienone is 3. The molecule has 0 saturated carbocycles. The molecule has 0 aromatic rings. The minimum absolute atomic E-state index is 0.191. The SMILES string of the molecule is CC1(C)OC[C@@H]2[C@H](C=C[C@@]3(C)/C=C\CC(C)(C)[C@@](O)(/C=C/C4(C)OCCO4)C(=O)[C@@H]23)O1. The average molecular weight is 433 g/mol. The smallest absolute Gasteiger partial charge is 0.185 e. The second-order valence-electron chi connectivity index (χ2n) is 10.8. The van der Waals surface area contributed by atoms with Crippen molar-refractivity contribution in [3.63, 3.8) is 0 Å². The van der Waals surface area contributed by atoms with Gasteiger partial charge >= 0.3 is 0 Å². The summed E-state index contributed by atoms with van der Waals surface area (Å²) >= 11 is 0. The molecule has 2 fully saturated rings. The number of hydrogen-bond donors (Lipinski definition) is 1. The van der Waals surface area contributed by atoms with Crippen LogP contribution in [0.4, 0.5) is 0 Å². The van der Waals surface area contributed by atoms with Crippen LogP contribution in [0.3, 0.4) is 0 Å². The summed E-state index contributed by atoms with van der Waals surface area (Å²) in [6.45, 7) is 12.8. The van der Waals surface area contributed by atoms with Gasteiger partial charge in [0.2, 0.25) is 0 Å². The molecule has 0 radical (unpaired) electrons. The van der Waals surface area contributed by atoms with Crippen molar-refractivity contribution in [3.8, 4) is 0 Å². The van der Waals surface area contributed by atoms with Gasteiger partial charge in [-0.2, -0.15) is 0 Å². The molecule has 2 aliphatic heterocycles. The first-order chi connectivity index (χ1) is 14.3. The molecule has 4 rings (SSSR count). The fraction of sp³-hybridized carbons (Fsp3) is 0.720. The van der Waals surface area contributed by atoms with Crippen LogP contribution in [0.2, 0.25) is 0 Å². The molecule has 0 aromatic carbocycles. The predicted molar refractivity (Wildman–Crippen MR) is 116 cm³/mol. The van der Waals surface area contributed by atoms with Crippen LogP contribution in [0.1, 0.15) is 48.0 Å². The molecule has 0 spiro atoms. The fourth-order valence-corrected chi connectivity index (χ4v) is 5.35. The number of carbonyl (C=O) groups is 1. The Morgan fingerprint density at radius 2 is 1.68 bits per heavy atom. The van der Waals surface area contributed by atoms with E-state index < -0.39 is 33.9 Å². The van der Waals surface area contributed by atoms with E-state index in [-0.39, 0.29) is 17.8 Å². The molecule has 6 nitrogen and oxygen atoms in total. The summed E-state index contributed by atoms with van der Waals surface area (Å²) in [5.74, 6) is -2.55. The van der Waals surface area contributed by atoms with Crippen molar-refractivity contribution in [2.24, 2.45) is 22.7 Å². The van der Waals surface area contributed by atoms with Crippen LogP contribution >= 0.6 is 0 Å². The molecule has 2 aliphatic carbocycles. The lowest BCUT2D eigenvalue weighted by atomic mass is 9.55. The molecule has 0 aromatic heterocycles. The lowest BCUT2D eigenvalue weighted by Crippen LogP contribution is -2.61. The molecule has 0 bridgehead atoms. The molecule has 0 amide bonds. The molecule has 2 heterocycles. The van der Waals surface area contributed by atoms with Crippen LogP contribution in [0.5, 0.6) is 0 Å². The lowest BCUT2D eigenvalue weighted by Gasteiger charge is -2.53. The maximum absolute atomic E-state index is 14.2. The van der Waals surface area contributed by atoms with Gasteiger partial charge in [-0.25, -0.2) is 0 Å². The third-order valence-electron chi connectivity index (χ3n) is 7.49. The van der Waals surface area contributed by atoms with Gasteiger partial charge in [0, 0.05) is 22.7 Å². The molecule has 6 heteroatoms. The van der Waals surface area contributed by atoms with E-state index in [4.69, 9.17) is 18.9 Å². The standard InChI is InChI=1S/C25H36O6/c1-21(2)9-7-10-23(5)11-8-18-17(16-30-22(3,4)31-18)19(23)20(26)25(21,27)13-12-24(6)28-14-15-29-24/h7-8,10-13,17-19,27H,9,14-16H2,1-6H3/b10-7-,13-12+/t17-,18+,19-,23-,25-/m1/s1. The first kappa shape index (κ1) is 22.9. The summed E-state index contributed by atoms with van der Waals surface area (Å²) in [7, 11) is 0. The Hall–Kier alpha value is -1.31. The minimum atomic E-state index is -1.70. The van der Waals surface area contributed by atoms with Gasteiger partial charge in [-0.15, -0.1) is 0 Å². The lowest BCUT2D eigenvalue weighted by molar-refractivity contribution is -0.292. The van der Waals surface area contributed by atoms with Crippen molar-refractivity contribution in [1.82, 2.24) is 0 Å². The fourth-order valence-electron chi connectivity index (χ4n) is 5.35. The van der Waals surface area contributed by atoms with E-state index in [0.29, 0.717) is 26.2 Å². The highest BCUT2D eigenvalue weighted by Gasteiger charge is 2.59. The van der Waals surface area contributed by atoms with Crippen LogP contribution in [0, 0.1) is 22.7 Å². The summed E-state index contributed by atoms with van der Waals surface area (Å²) < 4.78 is 23.4. The third kappa shape index (κ3) is 3.87. The third-order valence-corrected chi connectivity index (χ3v) is 7.49. The number of fused-ring (bicyclic) bond motifs is 3. The Morgan fingerprint density at radius 3 is 2.35 bits per heavy atom. The molecule has 1 N–H and O–H groups in total. The first-order valence-corrected chi connectivity index (χ1v) is 11.2. The highest BCUT2D eigenvalue weighted by Crippen LogP contribution is 2.52. The van der Waals surface area contributed by atoms with Crippen molar-refractivity contribution in [3.05, 3.63) is 36.5 Å². The molecule has 5 atom stereocenters. The van der Waals surface area contributed by atoms with Crippen LogP contribution in [-0.4, -0.2) is 54.0 Å². The van der Waals surface area contributed by atoms with E-state index in [1.165, 1.54) is 0 Å². The molecule has 0 unspecified atom stereocenters.